The molecule has 2 heterocycles. The van der Waals surface area contributed by atoms with Crippen molar-refractivity contribution in [2.75, 3.05) is 17.2 Å². The van der Waals surface area contributed by atoms with Crippen LogP contribution in [-0.4, -0.2) is 36.6 Å². The Morgan fingerprint density at radius 2 is 2.11 bits per heavy atom. The van der Waals surface area contributed by atoms with Crippen molar-refractivity contribution >= 4 is 21.9 Å². The summed E-state index contributed by atoms with van der Waals surface area (Å²) in [5.74, 6) is -0.430. The van der Waals surface area contributed by atoms with Crippen LogP contribution < -0.4 is 4.90 Å². The Morgan fingerprint density at radius 3 is 2.68 bits per heavy atom. The molecule has 1 aliphatic rings. The molecule has 0 radical (unpaired) electrons. The average Bonchev–Trinajstić information content (AvgIpc) is 2.54. The van der Waals surface area contributed by atoms with Crippen LogP contribution >= 0.6 is 0 Å². The highest BCUT2D eigenvalue weighted by atomic mass is 32.3. The maximum atomic E-state index is 12.6. The predicted molar refractivity (Wildman–Crippen MR) is 66.9 cm³/mol. The highest BCUT2D eigenvalue weighted by molar-refractivity contribution is 7.86. The Bertz CT molecular complexity index is 597. The molecule has 0 bridgehead atoms. The minimum atomic E-state index is -4.56. The van der Waals surface area contributed by atoms with E-state index in [4.69, 9.17) is 0 Å². The minimum absolute atomic E-state index is 0.0191. The zero-order valence-electron chi connectivity index (χ0n) is 10.6. The zero-order valence-corrected chi connectivity index (χ0v) is 11.4. The molecule has 0 spiro atoms. The second-order valence-corrected chi connectivity index (χ2v) is 6.11. The number of carbonyl (C=O) groups is 1. The predicted octanol–water partition coefficient (Wildman–Crippen LogP) is 0.746. The van der Waals surface area contributed by atoms with E-state index in [1.165, 1.54) is 4.90 Å². The van der Waals surface area contributed by atoms with Gasteiger partial charge in [0.2, 0.25) is 5.91 Å². The van der Waals surface area contributed by atoms with Crippen LogP contribution in [0.1, 0.15) is 17.9 Å². The van der Waals surface area contributed by atoms with Crippen LogP contribution in [-0.2, 0) is 15.0 Å². The van der Waals surface area contributed by atoms with Crippen molar-refractivity contribution in [2.45, 2.75) is 20.3 Å². The van der Waals surface area contributed by atoms with Gasteiger partial charge in [0.1, 0.15) is 11.6 Å². The lowest BCUT2D eigenvalue weighted by Crippen LogP contribution is -2.26. The number of nitrogens with zero attached hydrogens (tertiary/aromatic N) is 3. The fourth-order valence-electron chi connectivity index (χ4n) is 2.23. The van der Waals surface area contributed by atoms with Crippen molar-refractivity contribution in [3.63, 3.8) is 0 Å². The smallest absolute Gasteiger partial charge is 0.296 e. The molecule has 1 aliphatic heterocycles. The summed E-state index contributed by atoms with van der Waals surface area (Å²) in [4.78, 5) is 21.5. The molecule has 0 N–H and O–H groups in total. The number of aromatic nitrogens is 2. The fraction of sp³-hybridized carbons (Fsp3) is 0.545. The molecule has 1 fully saturated rings. The Hall–Kier alpha value is -1.57. The number of hydrogen-bond acceptors (Lipinski definition) is 5. The van der Waals surface area contributed by atoms with Gasteiger partial charge in [-0.2, -0.15) is 8.42 Å². The number of rotatable bonds is 3. The molecule has 1 unspecified atom stereocenters. The van der Waals surface area contributed by atoms with Crippen molar-refractivity contribution < 1.29 is 17.1 Å². The van der Waals surface area contributed by atoms with Crippen molar-refractivity contribution in [1.82, 2.24) is 9.97 Å². The van der Waals surface area contributed by atoms with E-state index < -0.39 is 21.9 Å². The molecule has 8 heteroatoms. The zero-order chi connectivity index (χ0) is 14.2. The molecular weight excluding hydrogens is 273 g/mol. The first kappa shape index (κ1) is 13.9. The number of anilines is 1. The van der Waals surface area contributed by atoms with Crippen LogP contribution in [0.3, 0.4) is 0 Å². The van der Waals surface area contributed by atoms with Crippen LogP contribution in [0.2, 0.25) is 0 Å². The molecule has 1 saturated heterocycles. The largest absolute Gasteiger partial charge is 0.302 e. The lowest BCUT2D eigenvalue weighted by molar-refractivity contribution is -0.117. The number of aryl methyl sites for hydroxylation is 2. The molecule has 0 aliphatic carbocycles. The van der Waals surface area contributed by atoms with E-state index in [1.54, 1.807) is 19.9 Å². The second-order valence-electron chi connectivity index (χ2n) is 4.69. The van der Waals surface area contributed by atoms with Gasteiger partial charge in [-0.1, -0.05) is 0 Å². The number of amides is 1. The quantitative estimate of drug-likeness (QED) is 0.766. The van der Waals surface area contributed by atoms with E-state index in [0.29, 0.717) is 11.6 Å². The van der Waals surface area contributed by atoms with Gasteiger partial charge in [0.05, 0.1) is 5.75 Å². The van der Waals surface area contributed by atoms with E-state index >= 15 is 0 Å². The Kier molecular flexibility index (Phi) is 3.53. The van der Waals surface area contributed by atoms with E-state index in [-0.39, 0.29) is 18.9 Å². The third kappa shape index (κ3) is 3.46. The maximum absolute atomic E-state index is 12.6. The molecule has 1 amide bonds. The van der Waals surface area contributed by atoms with Crippen molar-refractivity contribution in [2.24, 2.45) is 5.92 Å². The van der Waals surface area contributed by atoms with Crippen LogP contribution in [0.15, 0.2) is 6.07 Å². The topological polar surface area (TPSA) is 80.2 Å². The third-order valence-corrected chi connectivity index (χ3v) is 3.74. The van der Waals surface area contributed by atoms with Crippen LogP contribution in [0.4, 0.5) is 9.70 Å². The van der Waals surface area contributed by atoms with E-state index in [0.717, 1.165) is 5.69 Å². The molecule has 1 atom stereocenters. The van der Waals surface area contributed by atoms with Gasteiger partial charge in [-0.3, -0.25) is 9.69 Å². The third-order valence-electron chi connectivity index (χ3n) is 2.87. The Balaban J connectivity index is 2.20. The van der Waals surface area contributed by atoms with Gasteiger partial charge < -0.3 is 0 Å². The fourth-order valence-corrected chi connectivity index (χ4v) is 3.02. The minimum Gasteiger partial charge on any atom is -0.296 e. The molecule has 19 heavy (non-hydrogen) atoms. The first-order valence-corrected chi connectivity index (χ1v) is 7.35. The number of carbonyl (C=O) groups excluding carboxylic acids is 1. The maximum Gasteiger partial charge on any atom is 0.302 e. The summed E-state index contributed by atoms with van der Waals surface area (Å²) < 4.78 is 33.9. The van der Waals surface area contributed by atoms with Gasteiger partial charge in [0.25, 0.3) is 0 Å². The highest BCUT2D eigenvalue weighted by Crippen LogP contribution is 2.25. The van der Waals surface area contributed by atoms with Gasteiger partial charge in [0, 0.05) is 30.6 Å². The average molecular weight is 287 g/mol. The SMILES string of the molecule is Cc1cc(N2CC(CS(=O)(=O)F)CC2=O)nc(C)n1. The monoisotopic (exact) mass is 287 g/mol. The van der Waals surface area contributed by atoms with Gasteiger partial charge in [-0.15, -0.1) is 3.89 Å². The molecule has 6 nitrogen and oxygen atoms in total. The summed E-state index contributed by atoms with van der Waals surface area (Å²) in [6, 6.07) is 1.65. The van der Waals surface area contributed by atoms with Crippen molar-refractivity contribution in [1.29, 1.82) is 0 Å². The van der Waals surface area contributed by atoms with Crippen molar-refractivity contribution in [3.05, 3.63) is 17.6 Å². The van der Waals surface area contributed by atoms with E-state index in [9.17, 15) is 17.1 Å². The van der Waals surface area contributed by atoms with Crippen molar-refractivity contribution in [3.8, 4) is 0 Å². The summed E-state index contributed by atoms with van der Waals surface area (Å²) in [7, 11) is -4.56. The van der Waals surface area contributed by atoms with E-state index in [1.807, 2.05) is 0 Å². The van der Waals surface area contributed by atoms with Gasteiger partial charge >= 0.3 is 10.2 Å². The second kappa shape index (κ2) is 4.84. The molecular formula is C11H14FN3O3S. The van der Waals surface area contributed by atoms with Gasteiger partial charge in [-0.25, -0.2) is 9.97 Å². The number of hydrogen-bond donors (Lipinski definition) is 0. The summed E-state index contributed by atoms with van der Waals surface area (Å²) in [5, 5.41) is 0. The molecule has 0 saturated carbocycles. The molecule has 0 aromatic carbocycles. The van der Waals surface area contributed by atoms with Crippen LogP contribution in [0, 0.1) is 19.8 Å². The Labute approximate surface area is 110 Å². The normalized spacial score (nSPS) is 20.1. The lowest BCUT2D eigenvalue weighted by atomic mass is 10.1. The summed E-state index contributed by atoms with van der Waals surface area (Å²) in [5.41, 5.74) is 0.719. The molecule has 2 rings (SSSR count). The summed E-state index contributed by atoms with van der Waals surface area (Å²) in [6.45, 7) is 3.65. The van der Waals surface area contributed by atoms with Crippen LogP contribution in [0.5, 0.6) is 0 Å². The number of halogens is 1. The first-order chi connectivity index (χ1) is 8.74. The first-order valence-electron chi connectivity index (χ1n) is 5.79. The van der Waals surface area contributed by atoms with Gasteiger partial charge in [-0.05, 0) is 13.8 Å². The highest BCUT2D eigenvalue weighted by Gasteiger charge is 2.34. The Morgan fingerprint density at radius 1 is 1.42 bits per heavy atom. The summed E-state index contributed by atoms with van der Waals surface area (Å²) >= 11 is 0. The molecule has 104 valence electrons. The standard InChI is InChI=1S/C11H14FN3O3S/c1-7-3-10(14-8(2)13-7)15-5-9(4-11(15)16)6-19(12,17)18/h3,9H,4-6H2,1-2H3. The van der Waals surface area contributed by atoms with Gasteiger partial charge in [0.15, 0.2) is 0 Å². The summed E-state index contributed by atoms with van der Waals surface area (Å²) in [6.07, 6.45) is 0.0191. The molecule has 1 aromatic rings. The van der Waals surface area contributed by atoms with E-state index in [2.05, 4.69) is 9.97 Å². The molecule has 1 aromatic heterocycles. The van der Waals surface area contributed by atoms with Crippen LogP contribution in [0.25, 0.3) is 0 Å². The lowest BCUT2D eigenvalue weighted by Gasteiger charge is -2.16.